The zero-order valence-corrected chi connectivity index (χ0v) is 18.5. The van der Waals surface area contributed by atoms with E-state index >= 15 is 0 Å². The van der Waals surface area contributed by atoms with Crippen molar-refractivity contribution in [2.24, 2.45) is 5.41 Å². The Morgan fingerprint density at radius 3 is 2.48 bits per heavy atom. The molecule has 1 spiro atoms. The van der Waals surface area contributed by atoms with Crippen LogP contribution in [0.5, 0.6) is 0 Å². The highest BCUT2D eigenvalue weighted by atomic mass is 32.1. The van der Waals surface area contributed by atoms with Crippen LogP contribution >= 0.6 is 11.3 Å². The van der Waals surface area contributed by atoms with Crippen LogP contribution in [0.4, 0.5) is 13.2 Å². The minimum absolute atomic E-state index is 0.0381. The van der Waals surface area contributed by atoms with E-state index in [1.165, 1.54) is 9.75 Å². The molecule has 31 heavy (non-hydrogen) atoms. The largest absolute Gasteiger partial charge is 0.490 e. The van der Waals surface area contributed by atoms with Crippen LogP contribution in [0, 0.1) is 12.3 Å². The van der Waals surface area contributed by atoms with Crippen LogP contribution in [-0.4, -0.2) is 74.1 Å². The summed E-state index contributed by atoms with van der Waals surface area (Å²) in [6.45, 7) is 6.94. The second-order valence-electron chi connectivity index (χ2n) is 7.83. The summed E-state index contributed by atoms with van der Waals surface area (Å²) in [5.41, 5.74) is 0.184. The molecule has 2 N–H and O–H groups in total. The fourth-order valence-electron chi connectivity index (χ4n) is 3.93. The number of carboxylic acids is 1. The molecule has 2 aliphatic rings. The van der Waals surface area contributed by atoms with Crippen molar-refractivity contribution < 1.29 is 37.3 Å². The van der Waals surface area contributed by atoms with Crippen LogP contribution < -0.4 is 5.32 Å². The maximum absolute atomic E-state index is 11.9. The highest BCUT2D eigenvalue weighted by Gasteiger charge is 2.44. The lowest BCUT2D eigenvalue weighted by Crippen LogP contribution is -2.57. The van der Waals surface area contributed by atoms with Gasteiger partial charge in [0.05, 0.1) is 12.6 Å². The van der Waals surface area contributed by atoms with E-state index in [1.807, 2.05) is 11.3 Å². The van der Waals surface area contributed by atoms with E-state index in [2.05, 4.69) is 29.3 Å². The number of carbonyl (C=O) groups is 2. The Balaban J connectivity index is 0.000000423. The van der Waals surface area contributed by atoms with Crippen molar-refractivity contribution in [3.05, 3.63) is 21.9 Å². The van der Waals surface area contributed by atoms with Crippen molar-refractivity contribution in [3.8, 4) is 0 Å². The number of carbonyl (C=O) groups excluding carboxylic acids is 1. The van der Waals surface area contributed by atoms with Crippen molar-refractivity contribution in [3.63, 3.8) is 0 Å². The molecule has 176 valence electrons. The second kappa shape index (κ2) is 11.3. The molecule has 1 aromatic heterocycles. The van der Waals surface area contributed by atoms with E-state index < -0.39 is 12.1 Å². The van der Waals surface area contributed by atoms with Gasteiger partial charge in [0.15, 0.2) is 0 Å². The Bertz CT molecular complexity index is 733. The minimum atomic E-state index is -5.08. The normalized spacial score (nSPS) is 21.3. The third-order valence-corrected chi connectivity index (χ3v) is 6.63. The first-order valence-corrected chi connectivity index (χ1v) is 10.8. The van der Waals surface area contributed by atoms with E-state index in [9.17, 15) is 18.0 Å². The van der Waals surface area contributed by atoms with Gasteiger partial charge in [0, 0.05) is 30.0 Å². The van der Waals surface area contributed by atoms with Gasteiger partial charge < -0.3 is 19.9 Å². The van der Waals surface area contributed by atoms with Gasteiger partial charge in [-0.05, 0) is 56.8 Å². The van der Waals surface area contributed by atoms with E-state index in [-0.39, 0.29) is 24.0 Å². The lowest BCUT2D eigenvalue weighted by Gasteiger charge is -2.49. The van der Waals surface area contributed by atoms with E-state index in [1.54, 1.807) is 7.11 Å². The van der Waals surface area contributed by atoms with Gasteiger partial charge in [-0.15, -0.1) is 11.3 Å². The number of nitrogens with zero attached hydrogens (tertiary/aromatic N) is 1. The third-order valence-electron chi connectivity index (χ3n) is 5.65. The maximum Gasteiger partial charge on any atom is 0.490 e. The number of nitrogens with one attached hydrogen (secondary N) is 1. The predicted octanol–water partition coefficient (Wildman–Crippen LogP) is 2.82. The van der Waals surface area contributed by atoms with E-state index in [4.69, 9.17) is 19.4 Å². The topological polar surface area (TPSA) is 88.1 Å². The number of hydrogen-bond donors (Lipinski definition) is 2. The lowest BCUT2D eigenvalue weighted by molar-refractivity contribution is -0.192. The molecule has 7 nitrogen and oxygen atoms in total. The minimum Gasteiger partial charge on any atom is -0.475 e. The van der Waals surface area contributed by atoms with Crippen molar-refractivity contribution in [2.75, 3.05) is 40.0 Å². The summed E-state index contributed by atoms with van der Waals surface area (Å²) < 4.78 is 42.3. The van der Waals surface area contributed by atoms with Crippen LogP contribution in [0.25, 0.3) is 0 Å². The highest BCUT2D eigenvalue weighted by Crippen LogP contribution is 2.41. The second-order valence-corrected chi connectivity index (χ2v) is 9.20. The van der Waals surface area contributed by atoms with Gasteiger partial charge in [0.25, 0.3) is 0 Å². The Labute approximate surface area is 183 Å². The summed E-state index contributed by atoms with van der Waals surface area (Å²) in [6, 6.07) is 4.55. The van der Waals surface area contributed by atoms with Crippen molar-refractivity contribution in [1.29, 1.82) is 0 Å². The Hall–Kier alpha value is -1.69. The number of aliphatic carboxylic acids is 1. The average molecular weight is 467 g/mol. The zero-order chi connectivity index (χ0) is 23.1. The number of methoxy groups -OCH3 is 1. The Morgan fingerprint density at radius 2 is 1.97 bits per heavy atom. The standard InChI is InChI=1S/C18H28N2O3S.C2HF3O2/c1-14-3-4-15(24-14)11-20-8-5-18(6-9-20)7-10-23-12-16(18)19-17(21)13-22-2;3-2(4,5)1(6)7/h3-4,16H,5-13H2,1-2H3,(H,19,21);(H,6,7). The molecule has 0 bridgehead atoms. The van der Waals surface area contributed by atoms with Crippen LogP contribution in [0.2, 0.25) is 0 Å². The number of carboxylic acid groups (broad SMARTS) is 1. The van der Waals surface area contributed by atoms with Crippen LogP contribution in [0.3, 0.4) is 0 Å². The van der Waals surface area contributed by atoms with Gasteiger partial charge in [0.1, 0.15) is 6.61 Å². The molecule has 0 saturated carbocycles. The van der Waals surface area contributed by atoms with Gasteiger partial charge >= 0.3 is 12.1 Å². The number of likely N-dealkylation sites (tertiary alicyclic amines) is 1. The molecule has 2 fully saturated rings. The number of halogens is 3. The van der Waals surface area contributed by atoms with Gasteiger partial charge in [-0.2, -0.15) is 13.2 Å². The van der Waals surface area contributed by atoms with E-state index in [0.717, 1.165) is 45.5 Å². The molecule has 11 heteroatoms. The van der Waals surface area contributed by atoms with Gasteiger partial charge in [-0.1, -0.05) is 0 Å². The molecule has 3 rings (SSSR count). The van der Waals surface area contributed by atoms with Crippen molar-refractivity contribution in [2.45, 2.75) is 44.9 Å². The first-order valence-electron chi connectivity index (χ1n) is 9.99. The zero-order valence-electron chi connectivity index (χ0n) is 17.7. The van der Waals surface area contributed by atoms with Gasteiger partial charge in [-0.3, -0.25) is 9.69 Å². The molecule has 1 aromatic rings. The first-order chi connectivity index (χ1) is 14.6. The third kappa shape index (κ3) is 7.74. The fourth-order valence-corrected chi connectivity index (χ4v) is 4.87. The molecule has 1 amide bonds. The molecule has 0 aliphatic carbocycles. The molecule has 0 aromatic carbocycles. The van der Waals surface area contributed by atoms with Gasteiger partial charge in [0.2, 0.25) is 5.91 Å². The quantitative estimate of drug-likeness (QED) is 0.694. The lowest BCUT2D eigenvalue weighted by atomic mass is 9.69. The molecule has 1 unspecified atom stereocenters. The number of thiophene rings is 1. The average Bonchev–Trinajstić information content (AvgIpc) is 3.10. The number of aryl methyl sites for hydroxylation is 1. The molecular formula is C20H29F3N2O5S. The fraction of sp³-hybridized carbons (Fsp3) is 0.700. The number of rotatable bonds is 5. The molecule has 0 radical (unpaired) electrons. The summed E-state index contributed by atoms with van der Waals surface area (Å²) in [7, 11) is 1.55. The molecule has 1 atom stereocenters. The Morgan fingerprint density at radius 1 is 1.32 bits per heavy atom. The molecule has 3 heterocycles. The smallest absolute Gasteiger partial charge is 0.475 e. The van der Waals surface area contributed by atoms with Crippen LogP contribution in [-0.2, 0) is 25.6 Å². The first kappa shape index (κ1) is 25.6. The monoisotopic (exact) mass is 466 g/mol. The molecule has 2 saturated heterocycles. The number of hydrogen-bond acceptors (Lipinski definition) is 6. The van der Waals surface area contributed by atoms with Crippen LogP contribution in [0.1, 0.15) is 29.0 Å². The Kier molecular flexibility index (Phi) is 9.28. The van der Waals surface area contributed by atoms with E-state index in [0.29, 0.717) is 6.61 Å². The summed E-state index contributed by atoms with van der Waals surface area (Å²) in [5.74, 6) is -2.80. The SMILES string of the molecule is COCC(=O)NC1COCCC12CCN(Cc1ccc(C)s1)CC2.O=C(O)C(F)(F)F. The van der Waals surface area contributed by atoms with Crippen LogP contribution in [0.15, 0.2) is 12.1 Å². The number of piperidine rings is 1. The highest BCUT2D eigenvalue weighted by molar-refractivity contribution is 7.11. The predicted molar refractivity (Wildman–Crippen MR) is 109 cm³/mol. The number of ether oxygens (including phenoxy) is 2. The summed E-state index contributed by atoms with van der Waals surface area (Å²) in [6.07, 6.45) is -1.80. The summed E-state index contributed by atoms with van der Waals surface area (Å²) >= 11 is 1.89. The molecule has 2 aliphatic heterocycles. The number of alkyl halides is 3. The summed E-state index contributed by atoms with van der Waals surface area (Å²) in [5, 5.41) is 10.3. The summed E-state index contributed by atoms with van der Waals surface area (Å²) in [4.78, 5) is 26.2. The van der Waals surface area contributed by atoms with Crippen molar-refractivity contribution >= 4 is 23.2 Å². The molecular weight excluding hydrogens is 437 g/mol. The maximum atomic E-state index is 11.9. The van der Waals surface area contributed by atoms with Crippen molar-refractivity contribution in [1.82, 2.24) is 10.2 Å². The number of amides is 1. The van der Waals surface area contributed by atoms with Gasteiger partial charge in [-0.25, -0.2) is 4.79 Å².